The van der Waals surface area contributed by atoms with Gasteiger partial charge in [0.05, 0.1) is 0 Å². The lowest BCUT2D eigenvalue weighted by molar-refractivity contribution is 0.0927. The summed E-state index contributed by atoms with van der Waals surface area (Å²) in [6, 6.07) is 4.06. The van der Waals surface area contributed by atoms with E-state index in [0.29, 0.717) is 17.4 Å². The highest BCUT2D eigenvalue weighted by molar-refractivity contribution is 9.10. The molecule has 0 bridgehead atoms. The first-order valence-corrected chi connectivity index (χ1v) is 6.48. The van der Waals surface area contributed by atoms with Crippen LogP contribution in [0.3, 0.4) is 0 Å². The van der Waals surface area contributed by atoms with Gasteiger partial charge in [0.2, 0.25) is 0 Å². The zero-order chi connectivity index (χ0) is 13.8. The first-order chi connectivity index (χ1) is 8.34. The molecule has 0 unspecified atom stereocenters. The van der Waals surface area contributed by atoms with Crippen LogP contribution in [-0.4, -0.2) is 24.2 Å². The molecule has 0 aromatic heterocycles. The van der Waals surface area contributed by atoms with Crippen molar-refractivity contribution >= 4 is 21.8 Å². The summed E-state index contributed by atoms with van der Waals surface area (Å²) in [6.07, 6.45) is 0.597. The van der Waals surface area contributed by atoms with E-state index in [-0.39, 0.29) is 23.5 Å². The van der Waals surface area contributed by atoms with Crippen LogP contribution >= 0.6 is 15.9 Å². The zero-order valence-corrected chi connectivity index (χ0v) is 12.1. The number of amides is 1. The zero-order valence-electron chi connectivity index (χ0n) is 10.5. The molecule has 0 aliphatic rings. The number of aliphatic hydroxyl groups excluding tert-OH is 1. The molecule has 0 aliphatic carbocycles. The van der Waals surface area contributed by atoms with Gasteiger partial charge in [0.25, 0.3) is 5.91 Å². The number of hydrogen-bond donors (Lipinski definition) is 2. The van der Waals surface area contributed by atoms with Crippen molar-refractivity contribution < 1.29 is 14.3 Å². The molecule has 100 valence electrons. The topological polar surface area (TPSA) is 49.3 Å². The van der Waals surface area contributed by atoms with Crippen LogP contribution in [0.15, 0.2) is 22.7 Å². The molecule has 1 rings (SSSR count). The van der Waals surface area contributed by atoms with Crippen LogP contribution in [0.1, 0.15) is 30.6 Å². The van der Waals surface area contributed by atoms with Gasteiger partial charge in [-0.1, -0.05) is 29.8 Å². The molecule has 0 aliphatic heterocycles. The number of aliphatic hydroxyl groups is 1. The predicted molar refractivity (Wildman–Crippen MR) is 71.9 cm³/mol. The Morgan fingerprint density at radius 2 is 2.11 bits per heavy atom. The van der Waals surface area contributed by atoms with E-state index in [9.17, 15) is 9.18 Å². The van der Waals surface area contributed by atoms with Gasteiger partial charge in [-0.3, -0.25) is 4.79 Å². The third kappa shape index (κ3) is 4.74. The summed E-state index contributed by atoms with van der Waals surface area (Å²) >= 11 is 3.14. The van der Waals surface area contributed by atoms with Gasteiger partial charge in [0.1, 0.15) is 5.82 Å². The minimum atomic E-state index is -0.454. The Labute approximate surface area is 115 Å². The van der Waals surface area contributed by atoms with Crippen LogP contribution < -0.4 is 5.32 Å². The van der Waals surface area contributed by atoms with Crippen LogP contribution in [0, 0.1) is 11.2 Å². The van der Waals surface area contributed by atoms with Gasteiger partial charge in [-0.25, -0.2) is 4.39 Å². The lowest BCUT2D eigenvalue weighted by Crippen LogP contribution is -2.34. The van der Waals surface area contributed by atoms with Crippen molar-refractivity contribution in [1.29, 1.82) is 0 Å². The van der Waals surface area contributed by atoms with Crippen LogP contribution in [0.25, 0.3) is 0 Å². The first kappa shape index (κ1) is 15.1. The SMILES string of the molecule is CC(C)(CCO)CNC(=O)c1cc(F)cc(Br)c1. The Kier molecular flexibility index (Phi) is 5.28. The number of carbonyl (C=O) groups is 1. The van der Waals surface area contributed by atoms with Gasteiger partial charge in [-0.15, -0.1) is 0 Å². The van der Waals surface area contributed by atoms with Gasteiger partial charge in [0, 0.05) is 23.2 Å². The van der Waals surface area contributed by atoms with E-state index >= 15 is 0 Å². The second-order valence-electron chi connectivity index (χ2n) is 4.98. The molecule has 0 atom stereocenters. The summed E-state index contributed by atoms with van der Waals surface area (Å²) < 4.78 is 13.7. The Balaban J connectivity index is 2.66. The van der Waals surface area contributed by atoms with E-state index in [4.69, 9.17) is 5.11 Å². The maximum absolute atomic E-state index is 13.1. The Bertz CT molecular complexity index is 415. The molecule has 0 radical (unpaired) electrons. The second-order valence-corrected chi connectivity index (χ2v) is 5.89. The van der Waals surface area contributed by atoms with Gasteiger partial charge >= 0.3 is 0 Å². The lowest BCUT2D eigenvalue weighted by Gasteiger charge is -2.23. The molecular weight excluding hydrogens is 301 g/mol. The number of rotatable bonds is 5. The average Bonchev–Trinajstić information content (AvgIpc) is 2.24. The van der Waals surface area contributed by atoms with Crippen LogP contribution in [-0.2, 0) is 0 Å². The van der Waals surface area contributed by atoms with E-state index in [2.05, 4.69) is 21.2 Å². The number of nitrogens with one attached hydrogen (secondary N) is 1. The van der Waals surface area contributed by atoms with Crippen molar-refractivity contribution in [2.75, 3.05) is 13.2 Å². The fourth-order valence-electron chi connectivity index (χ4n) is 1.50. The van der Waals surface area contributed by atoms with Crippen molar-refractivity contribution in [3.8, 4) is 0 Å². The Hall–Kier alpha value is -0.940. The molecule has 1 aromatic rings. The van der Waals surface area contributed by atoms with Crippen molar-refractivity contribution in [2.45, 2.75) is 20.3 Å². The Morgan fingerprint density at radius 1 is 1.44 bits per heavy atom. The normalized spacial score (nSPS) is 11.4. The standard InChI is InChI=1S/C13H17BrFNO2/c1-13(2,3-4-17)8-16-12(18)9-5-10(14)7-11(15)6-9/h5-7,17H,3-4,8H2,1-2H3,(H,16,18). The van der Waals surface area contributed by atoms with Gasteiger partial charge in [-0.05, 0) is 30.0 Å². The number of carbonyl (C=O) groups excluding carboxylic acids is 1. The summed E-state index contributed by atoms with van der Waals surface area (Å²) in [5.74, 6) is -0.773. The number of benzene rings is 1. The summed E-state index contributed by atoms with van der Waals surface area (Å²) in [5.41, 5.74) is 0.0938. The highest BCUT2D eigenvalue weighted by Crippen LogP contribution is 2.19. The highest BCUT2D eigenvalue weighted by atomic mass is 79.9. The molecule has 1 amide bonds. The molecule has 0 spiro atoms. The summed E-state index contributed by atoms with van der Waals surface area (Å²) in [7, 11) is 0. The van der Waals surface area contributed by atoms with E-state index < -0.39 is 5.82 Å². The predicted octanol–water partition coefficient (Wildman–Crippen LogP) is 2.73. The largest absolute Gasteiger partial charge is 0.396 e. The molecule has 0 saturated carbocycles. The third-order valence-corrected chi connectivity index (χ3v) is 3.10. The fourth-order valence-corrected chi connectivity index (χ4v) is 1.96. The van der Waals surface area contributed by atoms with E-state index in [1.807, 2.05) is 13.8 Å². The van der Waals surface area contributed by atoms with Crippen molar-refractivity contribution in [3.05, 3.63) is 34.1 Å². The summed E-state index contributed by atoms with van der Waals surface area (Å²) in [4.78, 5) is 11.8. The fraction of sp³-hybridized carbons (Fsp3) is 0.462. The second kappa shape index (κ2) is 6.29. The molecular formula is C13H17BrFNO2. The highest BCUT2D eigenvalue weighted by Gasteiger charge is 2.18. The van der Waals surface area contributed by atoms with Crippen molar-refractivity contribution in [1.82, 2.24) is 5.32 Å². The lowest BCUT2D eigenvalue weighted by atomic mass is 9.89. The maximum atomic E-state index is 13.1. The minimum absolute atomic E-state index is 0.0778. The summed E-state index contributed by atoms with van der Waals surface area (Å²) in [5, 5.41) is 11.6. The molecule has 3 nitrogen and oxygen atoms in total. The summed E-state index contributed by atoms with van der Waals surface area (Å²) in [6.45, 7) is 4.41. The smallest absolute Gasteiger partial charge is 0.251 e. The molecule has 5 heteroatoms. The van der Waals surface area contributed by atoms with E-state index in [1.54, 1.807) is 6.07 Å². The van der Waals surface area contributed by atoms with Gasteiger partial charge in [-0.2, -0.15) is 0 Å². The molecule has 0 heterocycles. The molecule has 2 N–H and O–H groups in total. The molecule has 18 heavy (non-hydrogen) atoms. The van der Waals surface area contributed by atoms with Crippen molar-refractivity contribution in [2.24, 2.45) is 5.41 Å². The third-order valence-electron chi connectivity index (χ3n) is 2.64. The van der Waals surface area contributed by atoms with Gasteiger partial charge < -0.3 is 10.4 Å². The van der Waals surface area contributed by atoms with Crippen LogP contribution in [0.2, 0.25) is 0 Å². The van der Waals surface area contributed by atoms with Crippen LogP contribution in [0.4, 0.5) is 4.39 Å². The average molecular weight is 318 g/mol. The maximum Gasteiger partial charge on any atom is 0.251 e. The monoisotopic (exact) mass is 317 g/mol. The molecule has 1 aromatic carbocycles. The Morgan fingerprint density at radius 3 is 2.67 bits per heavy atom. The molecule has 0 fully saturated rings. The van der Waals surface area contributed by atoms with Gasteiger partial charge in [0.15, 0.2) is 0 Å². The minimum Gasteiger partial charge on any atom is -0.396 e. The number of halogens is 2. The number of hydrogen-bond acceptors (Lipinski definition) is 2. The van der Waals surface area contributed by atoms with E-state index in [1.165, 1.54) is 12.1 Å². The van der Waals surface area contributed by atoms with Crippen molar-refractivity contribution in [3.63, 3.8) is 0 Å². The van der Waals surface area contributed by atoms with E-state index in [0.717, 1.165) is 0 Å². The quantitative estimate of drug-likeness (QED) is 0.877. The first-order valence-electron chi connectivity index (χ1n) is 5.69. The molecule has 0 saturated heterocycles. The van der Waals surface area contributed by atoms with Crippen LogP contribution in [0.5, 0.6) is 0 Å².